The lowest BCUT2D eigenvalue weighted by molar-refractivity contribution is -0.941. The Hall–Kier alpha value is -4.65. The van der Waals surface area contributed by atoms with E-state index >= 15 is 0 Å². The van der Waals surface area contributed by atoms with Gasteiger partial charge in [0.25, 0.3) is 0 Å². The molecule has 0 saturated carbocycles. The number of carbonyl (C=O) groups is 2. The van der Waals surface area contributed by atoms with Crippen molar-refractivity contribution in [3.8, 4) is 34.5 Å². The zero-order valence-corrected chi connectivity index (χ0v) is 37.1. The summed E-state index contributed by atoms with van der Waals surface area (Å²) in [5.74, 6) is 2.20. The molecule has 0 spiro atoms. The summed E-state index contributed by atoms with van der Waals surface area (Å²) in [6.45, 7) is 10.1. The second-order valence-corrected chi connectivity index (χ2v) is 16.4. The van der Waals surface area contributed by atoms with E-state index in [1.165, 1.54) is 22.3 Å². The molecule has 2 aliphatic heterocycles. The largest absolute Gasteiger partial charge is 0.493 e. The molecule has 2 aliphatic rings. The Labute approximate surface area is 355 Å². The van der Waals surface area contributed by atoms with E-state index in [-0.39, 0.29) is 24.3 Å². The molecule has 0 aromatic heterocycles. The van der Waals surface area contributed by atoms with Gasteiger partial charge in [-0.25, -0.2) is 9.59 Å². The third-order valence-corrected chi connectivity index (χ3v) is 12.4. The van der Waals surface area contributed by atoms with Crippen LogP contribution in [0.3, 0.4) is 0 Å². The molecular formula is C46H63ClN2O10+2. The molecule has 0 aliphatic carbocycles. The number of quaternary nitrogens is 2. The molecular weight excluding hydrogens is 776 g/mol. The first-order valence-electron chi connectivity index (χ1n) is 20.4. The van der Waals surface area contributed by atoms with Gasteiger partial charge in [-0.1, -0.05) is 17.7 Å². The third kappa shape index (κ3) is 10.9. The van der Waals surface area contributed by atoms with Crippen molar-refractivity contribution in [3.63, 3.8) is 0 Å². The van der Waals surface area contributed by atoms with Crippen molar-refractivity contribution in [1.29, 1.82) is 0 Å². The van der Waals surface area contributed by atoms with Crippen LogP contribution in [0.4, 0.5) is 0 Å². The number of nitrogens with zero attached hydrogens (tertiary/aromatic N) is 2. The normalized spacial score (nSPS) is 18.4. The van der Waals surface area contributed by atoms with Gasteiger partial charge in [0.05, 0.1) is 95.6 Å². The first-order valence-corrected chi connectivity index (χ1v) is 20.8. The van der Waals surface area contributed by atoms with Crippen LogP contribution in [0.15, 0.2) is 47.5 Å². The number of likely N-dealkylation sites (tertiary alicyclic amines) is 1. The molecule has 5 rings (SSSR count). The maximum atomic E-state index is 12.9. The van der Waals surface area contributed by atoms with Crippen molar-refractivity contribution in [2.45, 2.75) is 65.0 Å². The van der Waals surface area contributed by atoms with Gasteiger partial charge in [-0.05, 0) is 66.4 Å². The summed E-state index contributed by atoms with van der Waals surface area (Å²) in [4.78, 5) is 25.6. The highest BCUT2D eigenvalue weighted by Gasteiger charge is 2.39. The average molecular weight is 839 g/mol. The van der Waals surface area contributed by atoms with E-state index in [4.69, 9.17) is 49.5 Å². The van der Waals surface area contributed by atoms with Crippen LogP contribution in [0, 0.1) is 13.8 Å². The van der Waals surface area contributed by atoms with E-state index in [0.717, 1.165) is 91.1 Å². The lowest BCUT2D eigenvalue weighted by Gasteiger charge is -2.46. The summed E-state index contributed by atoms with van der Waals surface area (Å²) >= 11 is 6.27. The Morgan fingerprint density at radius 1 is 0.695 bits per heavy atom. The monoisotopic (exact) mass is 838 g/mol. The van der Waals surface area contributed by atoms with E-state index in [1.807, 2.05) is 24.3 Å². The minimum absolute atomic E-state index is 0.131. The number of hydrogen-bond donors (Lipinski definition) is 0. The lowest BCUT2D eigenvalue weighted by Crippen LogP contribution is -2.52. The summed E-state index contributed by atoms with van der Waals surface area (Å²) in [6, 6.07) is 12.8. The van der Waals surface area contributed by atoms with E-state index in [9.17, 15) is 9.59 Å². The van der Waals surface area contributed by atoms with Crippen molar-refractivity contribution in [3.05, 3.63) is 80.9 Å². The molecule has 59 heavy (non-hydrogen) atoms. The summed E-state index contributed by atoms with van der Waals surface area (Å²) in [5, 5.41) is -0.307. The van der Waals surface area contributed by atoms with Crippen LogP contribution in [0.1, 0.15) is 65.1 Å². The number of aryl methyl sites for hydroxylation is 2. The van der Waals surface area contributed by atoms with Gasteiger partial charge in [-0.3, -0.25) is 0 Å². The first-order chi connectivity index (χ1) is 28.3. The van der Waals surface area contributed by atoms with Gasteiger partial charge in [0, 0.05) is 55.7 Å². The quantitative estimate of drug-likeness (QED) is 0.0494. The van der Waals surface area contributed by atoms with Crippen LogP contribution >= 0.6 is 11.6 Å². The molecule has 1 fully saturated rings. The Balaban J connectivity index is 1.15. The number of esters is 2. The van der Waals surface area contributed by atoms with Gasteiger partial charge in [0.2, 0.25) is 11.5 Å². The molecule has 2 atom stereocenters. The Morgan fingerprint density at radius 2 is 1.22 bits per heavy atom. The van der Waals surface area contributed by atoms with Crippen LogP contribution in [-0.4, -0.2) is 117 Å². The predicted octanol–water partition coefficient (Wildman–Crippen LogP) is 7.44. The summed E-state index contributed by atoms with van der Waals surface area (Å²) in [7, 11) is 12.0. The molecule has 0 bridgehead atoms. The predicted molar refractivity (Wildman–Crippen MR) is 227 cm³/mol. The Kier molecular flexibility index (Phi) is 15.8. The molecule has 0 amide bonds. The van der Waals surface area contributed by atoms with Gasteiger partial charge in [0.1, 0.15) is 17.6 Å². The average Bonchev–Trinajstić information content (AvgIpc) is 3.69. The van der Waals surface area contributed by atoms with E-state index < -0.39 is 11.9 Å². The Morgan fingerprint density at radius 3 is 1.78 bits per heavy atom. The highest BCUT2D eigenvalue weighted by atomic mass is 35.5. The van der Waals surface area contributed by atoms with Gasteiger partial charge in [0.15, 0.2) is 23.0 Å². The molecule has 2 heterocycles. The summed E-state index contributed by atoms with van der Waals surface area (Å²) in [5.41, 5.74) is 7.39. The number of likely N-dealkylation sites (N-methyl/N-ethyl adjacent to an activating group) is 1. The molecule has 13 heteroatoms. The molecule has 3 aromatic rings. The number of rotatable bonds is 20. The molecule has 322 valence electrons. The maximum absolute atomic E-state index is 12.9. The third-order valence-electron chi connectivity index (χ3n) is 12.2. The molecule has 0 unspecified atom stereocenters. The maximum Gasteiger partial charge on any atom is 0.350 e. The smallest absolute Gasteiger partial charge is 0.350 e. The van der Waals surface area contributed by atoms with E-state index in [0.29, 0.717) is 47.3 Å². The minimum atomic E-state index is -0.748. The van der Waals surface area contributed by atoms with Crippen LogP contribution in [0.2, 0.25) is 0 Å². The van der Waals surface area contributed by atoms with Gasteiger partial charge >= 0.3 is 11.9 Å². The summed E-state index contributed by atoms with van der Waals surface area (Å²) < 4.78 is 46.3. The van der Waals surface area contributed by atoms with Crippen molar-refractivity contribution in [2.75, 3.05) is 95.6 Å². The van der Waals surface area contributed by atoms with Crippen LogP contribution in [-0.2, 0) is 38.4 Å². The van der Waals surface area contributed by atoms with Crippen molar-refractivity contribution < 1.29 is 56.5 Å². The van der Waals surface area contributed by atoms with Crippen molar-refractivity contribution in [1.82, 2.24) is 0 Å². The molecule has 0 radical (unpaired) electrons. The van der Waals surface area contributed by atoms with E-state index in [2.05, 4.69) is 33.0 Å². The number of halogens is 1. The number of carbonyl (C=O) groups excluding carboxylic acids is 2. The molecule has 12 nitrogen and oxygen atoms in total. The van der Waals surface area contributed by atoms with Gasteiger partial charge in [-0.2, -0.15) is 0 Å². The van der Waals surface area contributed by atoms with Crippen LogP contribution in [0.5, 0.6) is 34.5 Å². The second-order valence-electron chi connectivity index (χ2n) is 16.0. The standard InChI is InChI=1S/C46H63ClN2O10/c1-31-22-35-14-19-48(3,38(36(35)23-32(31)2)24-33-25-39(52-4)44(56-8)40(26-33)53-5)15-12-21-59-46(51)37(47)29-43(50)58-20-13-18-49(16-10-11-17-49)30-34-27-41(54-6)45(57-9)42(28-34)55-7/h22-23,25-29,38H,10-21,24,30H2,1-9H3/q+2/b37-29-/t38-,48-/m1/s1. The minimum Gasteiger partial charge on any atom is -0.493 e. The summed E-state index contributed by atoms with van der Waals surface area (Å²) in [6.07, 6.45) is 6.23. The number of hydrogen-bond acceptors (Lipinski definition) is 10. The molecule has 0 N–H and O–H groups in total. The zero-order chi connectivity index (χ0) is 42.7. The van der Waals surface area contributed by atoms with Gasteiger partial charge < -0.3 is 46.9 Å². The number of fused-ring (bicyclic) bond motifs is 1. The lowest BCUT2D eigenvalue weighted by atomic mass is 9.84. The van der Waals surface area contributed by atoms with Crippen LogP contribution < -0.4 is 28.4 Å². The fraction of sp³-hybridized carbons (Fsp3) is 0.522. The SMILES string of the molecule is COc1cc(C[C@@H]2c3cc(C)c(C)cc3CC[N@@+]2(C)CCCOC(=O)/C(Cl)=C/C(=O)OCCC[N+]2(Cc3cc(OC)c(OC)c(OC)c3)CCCC2)cc(OC)c1OC. The second kappa shape index (κ2) is 20.5. The zero-order valence-electron chi connectivity index (χ0n) is 36.4. The fourth-order valence-electron chi connectivity index (χ4n) is 8.88. The Bertz CT molecular complexity index is 1930. The van der Waals surface area contributed by atoms with E-state index in [1.54, 1.807) is 42.7 Å². The van der Waals surface area contributed by atoms with Crippen LogP contribution in [0.25, 0.3) is 0 Å². The first kappa shape index (κ1) is 45.4. The molecule has 1 saturated heterocycles. The highest BCUT2D eigenvalue weighted by molar-refractivity contribution is 6.42. The molecule has 3 aromatic carbocycles. The topological polar surface area (TPSA) is 108 Å². The number of ether oxygens (including phenoxy) is 8. The van der Waals surface area contributed by atoms with Crippen molar-refractivity contribution >= 4 is 23.5 Å². The van der Waals surface area contributed by atoms with Gasteiger partial charge in [-0.15, -0.1) is 0 Å². The number of methoxy groups -OCH3 is 6. The number of benzene rings is 3. The highest BCUT2D eigenvalue weighted by Crippen LogP contribution is 2.43. The fourth-order valence-corrected chi connectivity index (χ4v) is 9.03. The van der Waals surface area contributed by atoms with Crippen molar-refractivity contribution in [2.24, 2.45) is 0 Å².